The summed E-state index contributed by atoms with van der Waals surface area (Å²) in [5.41, 5.74) is 3.89. The second kappa shape index (κ2) is 14.9. The van der Waals surface area contributed by atoms with Crippen LogP contribution in [-0.4, -0.2) is 35.7 Å². The predicted molar refractivity (Wildman–Crippen MR) is 171 cm³/mol. The fraction of sp³-hybridized carbons (Fsp3) is 0.405. The molecule has 0 heterocycles. The number of nitrogens with one attached hydrogen (secondary N) is 1. The number of amides is 1. The van der Waals surface area contributed by atoms with Crippen molar-refractivity contribution < 1.29 is 24.2 Å². The normalized spacial score (nSPS) is 15.1. The van der Waals surface area contributed by atoms with Crippen molar-refractivity contribution in [3.63, 3.8) is 0 Å². The van der Waals surface area contributed by atoms with Crippen LogP contribution in [0, 0.1) is 12.8 Å². The van der Waals surface area contributed by atoms with E-state index in [0.29, 0.717) is 19.6 Å². The summed E-state index contributed by atoms with van der Waals surface area (Å²) in [5.74, 6) is -0.119. The third-order valence-corrected chi connectivity index (χ3v) is 8.38. The Balaban J connectivity index is 1.54. The summed E-state index contributed by atoms with van der Waals surface area (Å²) in [4.78, 5) is 26.4. The van der Waals surface area contributed by atoms with E-state index in [4.69, 9.17) is 9.47 Å². The number of allylic oxidation sites excluding steroid dienone is 1. The molecule has 3 aromatic rings. The van der Waals surface area contributed by atoms with Crippen LogP contribution in [0.15, 0.2) is 78.9 Å². The van der Waals surface area contributed by atoms with Crippen LogP contribution < -0.4 is 14.8 Å². The maximum absolute atomic E-state index is 13.8. The number of hydrogen-bond donors (Lipinski definition) is 2. The minimum Gasteiger partial charge on any atom is -0.493 e. The molecule has 0 saturated heterocycles. The van der Waals surface area contributed by atoms with Gasteiger partial charge in [0.05, 0.1) is 19.1 Å². The van der Waals surface area contributed by atoms with Crippen LogP contribution in [0.3, 0.4) is 0 Å². The highest BCUT2D eigenvalue weighted by molar-refractivity contribution is 5.90. The van der Waals surface area contributed by atoms with Crippen LogP contribution in [0.25, 0.3) is 0 Å². The number of aliphatic carboxylic acids is 1. The van der Waals surface area contributed by atoms with Crippen LogP contribution >= 0.6 is 0 Å². The monoisotopic (exact) mass is 583 g/mol. The van der Waals surface area contributed by atoms with E-state index in [9.17, 15) is 14.7 Å². The number of aryl methyl sites for hydroxylation is 1. The van der Waals surface area contributed by atoms with Gasteiger partial charge < -0.3 is 19.9 Å². The van der Waals surface area contributed by atoms with Crippen molar-refractivity contribution in [3.05, 3.63) is 107 Å². The van der Waals surface area contributed by atoms with E-state index in [1.54, 1.807) is 0 Å². The standard InChI is InChI=1S/C37H45NO5/c1-5-42-33-22-32(23-34(27(33)4)43-6-2)26(3)20-21-29(17-11-10-16-28-14-8-7-9-15-28)35(39)38-37(36(40)41)24-30-18-12-13-19-31(30)25-37/h7-9,12-15,18-23,26,29H,5-6,10-11,16-17,24-25H2,1-4H3,(H,38,39)(H,40,41)/b21-20+/t26-,29?/m1/s1. The van der Waals surface area contributed by atoms with E-state index in [0.717, 1.165) is 53.0 Å². The molecule has 228 valence electrons. The summed E-state index contributed by atoms with van der Waals surface area (Å²) in [6, 6.07) is 22.1. The number of unbranched alkanes of at least 4 members (excludes halogenated alkanes) is 1. The molecule has 2 atom stereocenters. The third-order valence-electron chi connectivity index (χ3n) is 8.38. The van der Waals surface area contributed by atoms with Crippen molar-refractivity contribution in [3.8, 4) is 11.5 Å². The van der Waals surface area contributed by atoms with Crippen molar-refractivity contribution in [2.75, 3.05) is 13.2 Å². The predicted octanol–water partition coefficient (Wildman–Crippen LogP) is 7.22. The lowest BCUT2D eigenvalue weighted by Gasteiger charge is -2.27. The second-order valence-corrected chi connectivity index (χ2v) is 11.5. The number of carbonyl (C=O) groups is 2. The number of ether oxygens (including phenoxy) is 2. The highest BCUT2D eigenvalue weighted by Gasteiger charge is 2.45. The number of benzene rings is 3. The number of hydrogen-bond acceptors (Lipinski definition) is 4. The van der Waals surface area contributed by atoms with Gasteiger partial charge in [0.2, 0.25) is 5.91 Å². The Morgan fingerprint density at radius 3 is 2.05 bits per heavy atom. The molecule has 0 aromatic heterocycles. The molecule has 0 spiro atoms. The fourth-order valence-corrected chi connectivity index (χ4v) is 5.86. The van der Waals surface area contributed by atoms with E-state index >= 15 is 0 Å². The third kappa shape index (κ3) is 8.07. The first-order valence-corrected chi connectivity index (χ1v) is 15.5. The van der Waals surface area contributed by atoms with Gasteiger partial charge in [-0.1, -0.05) is 80.1 Å². The van der Waals surface area contributed by atoms with Gasteiger partial charge in [-0.3, -0.25) is 4.79 Å². The van der Waals surface area contributed by atoms with Crippen molar-refractivity contribution in [1.29, 1.82) is 0 Å². The molecule has 0 saturated carbocycles. The molecule has 0 fully saturated rings. The first-order chi connectivity index (χ1) is 20.8. The Morgan fingerprint density at radius 1 is 0.907 bits per heavy atom. The largest absolute Gasteiger partial charge is 0.493 e. The Bertz CT molecular complexity index is 1360. The summed E-state index contributed by atoms with van der Waals surface area (Å²) in [6.07, 6.45) is 7.94. The quantitative estimate of drug-likeness (QED) is 0.146. The van der Waals surface area contributed by atoms with Crippen LogP contribution in [0.1, 0.15) is 73.8 Å². The first-order valence-electron chi connectivity index (χ1n) is 15.5. The Labute approximate surface area is 256 Å². The average Bonchev–Trinajstić information content (AvgIpc) is 3.38. The summed E-state index contributed by atoms with van der Waals surface area (Å²) >= 11 is 0. The summed E-state index contributed by atoms with van der Waals surface area (Å²) in [7, 11) is 0. The van der Waals surface area contributed by atoms with Gasteiger partial charge in [0.15, 0.2) is 0 Å². The second-order valence-electron chi connectivity index (χ2n) is 11.5. The van der Waals surface area contributed by atoms with Gasteiger partial charge in [0.1, 0.15) is 17.0 Å². The van der Waals surface area contributed by atoms with E-state index < -0.39 is 17.4 Å². The molecule has 0 radical (unpaired) electrons. The summed E-state index contributed by atoms with van der Waals surface area (Å²) in [5, 5.41) is 13.3. The molecule has 0 bridgehead atoms. The molecule has 4 rings (SSSR count). The molecular weight excluding hydrogens is 538 g/mol. The maximum Gasteiger partial charge on any atom is 0.330 e. The Kier molecular flexibility index (Phi) is 11.0. The van der Waals surface area contributed by atoms with Crippen molar-refractivity contribution in [2.24, 2.45) is 5.92 Å². The lowest BCUT2D eigenvalue weighted by molar-refractivity contribution is -0.147. The van der Waals surface area contributed by atoms with E-state index in [1.165, 1.54) is 5.56 Å². The zero-order chi connectivity index (χ0) is 30.8. The average molecular weight is 584 g/mol. The molecule has 1 aliphatic rings. The van der Waals surface area contributed by atoms with Gasteiger partial charge in [-0.2, -0.15) is 0 Å². The fourth-order valence-electron chi connectivity index (χ4n) is 5.86. The topological polar surface area (TPSA) is 84.9 Å². The van der Waals surface area contributed by atoms with Gasteiger partial charge in [-0.15, -0.1) is 0 Å². The van der Waals surface area contributed by atoms with Crippen LogP contribution in [0.5, 0.6) is 11.5 Å². The van der Waals surface area contributed by atoms with E-state index in [1.807, 2.05) is 87.5 Å². The molecule has 6 nitrogen and oxygen atoms in total. The smallest absolute Gasteiger partial charge is 0.330 e. The molecule has 1 unspecified atom stereocenters. The van der Waals surface area contributed by atoms with Gasteiger partial charge >= 0.3 is 5.97 Å². The summed E-state index contributed by atoms with van der Waals surface area (Å²) < 4.78 is 11.8. The molecular formula is C37H45NO5. The van der Waals surface area contributed by atoms with Crippen LogP contribution in [0.2, 0.25) is 0 Å². The Morgan fingerprint density at radius 2 is 1.49 bits per heavy atom. The molecule has 0 aliphatic heterocycles. The number of carboxylic acid groups (broad SMARTS) is 1. The van der Waals surface area contributed by atoms with Gasteiger partial charge in [0, 0.05) is 18.4 Å². The number of rotatable bonds is 15. The zero-order valence-corrected chi connectivity index (χ0v) is 25.9. The molecule has 2 N–H and O–H groups in total. The number of carboxylic acids is 1. The number of carbonyl (C=O) groups excluding carboxylic acids is 1. The molecule has 3 aromatic carbocycles. The van der Waals surface area contributed by atoms with E-state index in [2.05, 4.69) is 24.4 Å². The summed E-state index contributed by atoms with van der Waals surface area (Å²) in [6.45, 7) is 9.12. The molecule has 1 amide bonds. The van der Waals surface area contributed by atoms with E-state index in [-0.39, 0.29) is 24.7 Å². The molecule has 6 heteroatoms. The van der Waals surface area contributed by atoms with Crippen molar-refractivity contribution >= 4 is 11.9 Å². The maximum atomic E-state index is 13.8. The first kappa shape index (κ1) is 31.9. The zero-order valence-electron chi connectivity index (χ0n) is 25.9. The Hall–Kier alpha value is -4.06. The van der Waals surface area contributed by atoms with Crippen LogP contribution in [-0.2, 0) is 28.9 Å². The van der Waals surface area contributed by atoms with Gasteiger partial charge in [0.25, 0.3) is 0 Å². The molecule has 43 heavy (non-hydrogen) atoms. The van der Waals surface area contributed by atoms with Crippen molar-refractivity contribution in [2.45, 2.75) is 77.7 Å². The number of fused-ring (bicyclic) bond motifs is 1. The van der Waals surface area contributed by atoms with Gasteiger partial charge in [-0.05, 0) is 80.3 Å². The highest BCUT2D eigenvalue weighted by atomic mass is 16.5. The van der Waals surface area contributed by atoms with Crippen molar-refractivity contribution in [1.82, 2.24) is 5.32 Å². The van der Waals surface area contributed by atoms with Crippen LogP contribution in [0.4, 0.5) is 0 Å². The SMILES string of the molecule is CCOc1cc([C@H](C)/C=C/C(CCCCc2ccccc2)C(=O)NC2(C(=O)O)Cc3ccccc3C2)cc(OCC)c1C. The van der Waals surface area contributed by atoms with Gasteiger partial charge in [-0.25, -0.2) is 4.79 Å². The minimum absolute atomic E-state index is 0.0113. The molecule has 1 aliphatic carbocycles. The lowest BCUT2D eigenvalue weighted by atomic mass is 9.91. The minimum atomic E-state index is -1.34. The highest BCUT2D eigenvalue weighted by Crippen LogP contribution is 2.34. The lowest BCUT2D eigenvalue weighted by Crippen LogP contribution is -2.56.